The number of hydrogen-bond donors (Lipinski definition) is 0. The smallest absolute Gasteiger partial charge is 0.247 e. The summed E-state index contributed by atoms with van der Waals surface area (Å²) in [4.78, 5) is 19.5. The molecule has 3 aromatic rings. The quantitative estimate of drug-likeness (QED) is 0.505. The van der Waals surface area contributed by atoms with Crippen LogP contribution in [0.5, 0.6) is 17.4 Å². The monoisotopic (exact) mass is 452 g/mol. The number of aromatic nitrogens is 3. The molecule has 0 fully saturated rings. The van der Waals surface area contributed by atoms with Crippen LogP contribution in [-0.2, 0) is 4.79 Å². The van der Waals surface area contributed by atoms with E-state index in [0.29, 0.717) is 39.5 Å². The van der Waals surface area contributed by atoms with E-state index in [0.717, 1.165) is 11.3 Å². The van der Waals surface area contributed by atoms with Gasteiger partial charge in [0.25, 0.3) is 0 Å². The van der Waals surface area contributed by atoms with Crippen molar-refractivity contribution < 1.29 is 19.0 Å². The fraction of sp³-hybridized carbons (Fsp3) is 0.304. The van der Waals surface area contributed by atoms with Gasteiger partial charge in [-0.05, 0) is 24.0 Å². The van der Waals surface area contributed by atoms with E-state index in [9.17, 15) is 4.79 Å². The Morgan fingerprint density at radius 2 is 1.91 bits per heavy atom. The van der Waals surface area contributed by atoms with Gasteiger partial charge in [-0.1, -0.05) is 49.9 Å². The lowest BCUT2D eigenvalue weighted by molar-refractivity contribution is -0.120. The molecule has 32 heavy (non-hydrogen) atoms. The van der Waals surface area contributed by atoms with Crippen LogP contribution in [0.25, 0.3) is 11.3 Å². The summed E-state index contributed by atoms with van der Waals surface area (Å²) in [5.41, 5.74) is 2.51. The maximum atomic E-state index is 13.3. The first kappa shape index (κ1) is 21.9. The normalized spacial score (nSPS) is 14.6. The second-order valence-electron chi connectivity index (χ2n) is 6.87. The molecule has 1 aliphatic rings. The zero-order valence-corrected chi connectivity index (χ0v) is 19.2. The van der Waals surface area contributed by atoms with Crippen LogP contribution in [0.2, 0.25) is 0 Å². The van der Waals surface area contributed by atoms with Crippen LogP contribution < -0.4 is 19.1 Å². The lowest BCUT2D eigenvalue weighted by Gasteiger charge is -2.31. The Morgan fingerprint density at radius 1 is 1.09 bits per heavy atom. The zero-order chi connectivity index (χ0) is 22.7. The molecule has 1 aliphatic heterocycles. The van der Waals surface area contributed by atoms with Crippen LogP contribution in [0.3, 0.4) is 0 Å². The van der Waals surface area contributed by atoms with Crippen LogP contribution in [0, 0.1) is 0 Å². The number of nitrogens with zero attached hydrogens (tertiary/aromatic N) is 4. The summed E-state index contributed by atoms with van der Waals surface area (Å²) in [5, 5.41) is 9.17. The molecule has 166 valence electrons. The van der Waals surface area contributed by atoms with Crippen molar-refractivity contribution in [2.75, 3.05) is 24.9 Å². The second-order valence-corrected chi connectivity index (χ2v) is 8.10. The van der Waals surface area contributed by atoms with E-state index in [1.165, 1.54) is 11.8 Å². The SMILES string of the molecule is CCSc1nnc2c(n1)OC(c1cccc(OC)c1OC)N(C(=O)CC)c1ccccc1-2. The lowest BCUT2D eigenvalue weighted by atomic mass is 10.1. The van der Waals surface area contributed by atoms with Crippen LogP contribution in [0.1, 0.15) is 32.1 Å². The number of carbonyl (C=O) groups excluding carboxylic acids is 1. The van der Waals surface area contributed by atoms with Crippen molar-refractivity contribution in [1.82, 2.24) is 15.2 Å². The summed E-state index contributed by atoms with van der Waals surface area (Å²) >= 11 is 1.47. The third-order valence-corrected chi connectivity index (χ3v) is 5.78. The van der Waals surface area contributed by atoms with E-state index >= 15 is 0 Å². The molecule has 1 atom stereocenters. The molecule has 4 rings (SSSR count). The first-order chi connectivity index (χ1) is 15.6. The van der Waals surface area contributed by atoms with Gasteiger partial charge in [0.2, 0.25) is 23.2 Å². The number of carbonyl (C=O) groups is 1. The molecular formula is C23H24N4O4S. The number of thioether (sulfide) groups is 1. The number of para-hydroxylation sites is 2. The number of fused-ring (bicyclic) bond motifs is 3. The van der Waals surface area contributed by atoms with Gasteiger partial charge >= 0.3 is 0 Å². The average Bonchev–Trinajstić information content (AvgIpc) is 2.97. The highest BCUT2D eigenvalue weighted by atomic mass is 32.2. The predicted molar refractivity (Wildman–Crippen MR) is 122 cm³/mol. The summed E-state index contributed by atoms with van der Waals surface area (Å²) in [6.07, 6.45) is -0.557. The highest BCUT2D eigenvalue weighted by molar-refractivity contribution is 7.99. The fourth-order valence-corrected chi connectivity index (χ4v) is 4.16. The molecular weight excluding hydrogens is 428 g/mol. The van der Waals surface area contributed by atoms with Crippen molar-refractivity contribution in [2.24, 2.45) is 0 Å². The molecule has 0 radical (unpaired) electrons. The van der Waals surface area contributed by atoms with Gasteiger partial charge in [0.05, 0.1) is 25.5 Å². The van der Waals surface area contributed by atoms with Crippen molar-refractivity contribution in [2.45, 2.75) is 31.7 Å². The van der Waals surface area contributed by atoms with Gasteiger partial charge in [0.1, 0.15) is 0 Å². The molecule has 9 heteroatoms. The van der Waals surface area contributed by atoms with E-state index in [4.69, 9.17) is 14.2 Å². The van der Waals surface area contributed by atoms with Gasteiger partial charge in [-0.15, -0.1) is 10.2 Å². The summed E-state index contributed by atoms with van der Waals surface area (Å²) in [5.74, 6) is 2.02. The summed E-state index contributed by atoms with van der Waals surface area (Å²) in [6.45, 7) is 3.83. The fourth-order valence-electron chi connectivity index (χ4n) is 3.65. The van der Waals surface area contributed by atoms with E-state index in [1.54, 1.807) is 25.2 Å². The van der Waals surface area contributed by atoms with Gasteiger partial charge in [-0.25, -0.2) is 0 Å². The summed E-state index contributed by atoms with van der Waals surface area (Å²) in [6, 6.07) is 13.0. The number of methoxy groups -OCH3 is 2. The van der Waals surface area contributed by atoms with Crippen molar-refractivity contribution in [3.63, 3.8) is 0 Å². The van der Waals surface area contributed by atoms with E-state index in [-0.39, 0.29) is 12.3 Å². The number of anilines is 1. The van der Waals surface area contributed by atoms with Gasteiger partial charge in [-0.2, -0.15) is 4.98 Å². The standard InChI is InChI=1S/C23H24N4O4S/c1-5-18(28)27-16-12-8-7-10-14(16)19-21(24-23(26-25-19)32-6-2)31-22(27)15-11-9-13-17(29-3)20(15)30-4/h7-13,22H,5-6H2,1-4H3. The maximum Gasteiger partial charge on any atom is 0.247 e. The van der Waals surface area contributed by atoms with Gasteiger partial charge < -0.3 is 14.2 Å². The predicted octanol–water partition coefficient (Wildman–Crippen LogP) is 4.50. The minimum absolute atomic E-state index is 0.115. The molecule has 0 aliphatic carbocycles. The molecule has 0 saturated heterocycles. The van der Waals surface area contributed by atoms with Crippen molar-refractivity contribution in [1.29, 1.82) is 0 Å². The van der Waals surface area contributed by atoms with Crippen LogP contribution in [-0.4, -0.2) is 41.1 Å². The Hall–Kier alpha value is -3.33. The van der Waals surface area contributed by atoms with Crippen molar-refractivity contribution in [3.8, 4) is 28.6 Å². The summed E-state index contributed by atoms with van der Waals surface area (Å²) in [7, 11) is 3.13. The molecule has 0 saturated carbocycles. The number of rotatable bonds is 6. The minimum Gasteiger partial charge on any atom is -0.493 e. The van der Waals surface area contributed by atoms with E-state index < -0.39 is 6.23 Å². The largest absolute Gasteiger partial charge is 0.493 e. The number of amides is 1. The van der Waals surface area contributed by atoms with E-state index in [2.05, 4.69) is 15.2 Å². The molecule has 1 aromatic heterocycles. The number of benzene rings is 2. The zero-order valence-electron chi connectivity index (χ0n) is 18.4. The summed E-state index contributed by atoms with van der Waals surface area (Å²) < 4.78 is 17.6. The topological polar surface area (TPSA) is 86.7 Å². The molecule has 2 heterocycles. The Kier molecular flexibility index (Phi) is 6.45. The molecule has 0 spiro atoms. The van der Waals surface area contributed by atoms with Crippen LogP contribution in [0.4, 0.5) is 5.69 Å². The second kappa shape index (κ2) is 9.44. The van der Waals surface area contributed by atoms with Crippen molar-refractivity contribution >= 4 is 23.4 Å². The molecule has 0 bridgehead atoms. The molecule has 0 N–H and O–H groups in total. The van der Waals surface area contributed by atoms with Crippen LogP contribution >= 0.6 is 11.8 Å². The maximum absolute atomic E-state index is 13.3. The van der Waals surface area contributed by atoms with Gasteiger partial charge in [-0.3, -0.25) is 9.69 Å². The van der Waals surface area contributed by atoms with Gasteiger partial charge in [0, 0.05) is 12.0 Å². The Bertz CT molecular complexity index is 1140. The van der Waals surface area contributed by atoms with Crippen molar-refractivity contribution in [3.05, 3.63) is 48.0 Å². The highest BCUT2D eigenvalue weighted by Crippen LogP contribution is 2.46. The Labute approximate surface area is 190 Å². The molecule has 8 nitrogen and oxygen atoms in total. The highest BCUT2D eigenvalue weighted by Gasteiger charge is 2.37. The molecule has 1 amide bonds. The Balaban J connectivity index is 1.99. The first-order valence-corrected chi connectivity index (χ1v) is 11.3. The van der Waals surface area contributed by atoms with Crippen LogP contribution in [0.15, 0.2) is 47.6 Å². The minimum atomic E-state index is -0.842. The average molecular weight is 453 g/mol. The number of hydrogen-bond acceptors (Lipinski definition) is 8. The third-order valence-electron chi connectivity index (χ3n) is 5.06. The third kappa shape index (κ3) is 3.84. The molecule has 1 unspecified atom stereocenters. The van der Waals surface area contributed by atoms with Gasteiger partial charge in [0.15, 0.2) is 17.2 Å². The number of ether oxygens (including phenoxy) is 3. The Morgan fingerprint density at radius 3 is 2.62 bits per heavy atom. The molecule has 2 aromatic carbocycles. The van der Waals surface area contributed by atoms with E-state index in [1.807, 2.05) is 50.2 Å². The lowest BCUT2D eigenvalue weighted by Crippen LogP contribution is -2.37. The first-order valence-electron chi connectivity index (χ1n) is 10.3.